The number of thioether (sulfide) groups is 1. The molecule has 0 aliphatic carbocycles. The lowest BCUT2D eigenvalue weighted by Gasteiger charge is -2.10. The molecular formula is C14H11FN2S. The molecule has 2 aromatic carbocycles. The Balaban J connectivity index is 1.81. The van der Waals surface area contributed by atoms with E-state index >= 15 is 0 Å². The van der Waals surface area contributed by atoms with Gasteiger partial charge in [-0.3, -0.25) is 5.43 Å². The minimum Gasteiger partial charge on any atom is -0.291 e. The molecule has 0 unspecified atom stereocenters. The number of nitrogens with one attached hydrogen (secondary N) is 1. The van der Waals surface area contributed by atoms with Gasteiger partial charge in [0, 0.05) is 11.1 Å². The zero-order valence-electron chi connectivity index (χ0n) is 9.51. The van der Waals surface area contributed by atoms with Crippen LogP contribution in [0.3, 0.4) is 0 Å². The molecule has 0 fully saturated rings. The summed E-state index contributed by atoms with van der Waals surface area (Å²) in [6.45, 7) is 0. The Labute approximate surface area is 109 Å². The Morgan fingerprint density at radius 1 is 1.00 bits per heavy atom. The molecule has 2 nitrogen and oxygen atoms in total. The SMILES string of the molecule is Fc1ccccc1[C@H]1NN=C(c2ccccc2)S1. The van der Waals surface area contributed by atoms with E-state index in [1.54, 1.807) is 12.1 Å². The van der Waals surface area contributed by atoms with E-state index in [0.717, 1.165) is 10.6 Å². The van der Waals surface area contributed by atoms with Crippen molar-refractivity contribution in [1.82, 2.24) is 5.43 Å². The topological polar surface area (TPSA) is 24.4 Å². The van der Waals surface area contributed by atoms with E-state index in [1.165, 1.54) is 17.8 Å². The van der Waals surface area contributed by atoms with Crippen LogP contribution < -0.4 is 5.43 Å². The third-order valence-electron chi connectivity index (χ3n) is 2.72. The summed E-state index contributed by atoms with van der Waals surface area (Å²) in [5.74, 6) is -0.202. The van der Waals surface area contributed by atoms with E-state index in [9.17, 15) is 4.39 Å². The van der Waals surface area contributed by atoms with Crippen molar-refractivity contribution >= 4 is 16.8 Å². The van der Waals surface area contributed by atoms with Gasteiger partial charge in [0.2, 0.25) is 0 Å². The lowest BCUT2D eigenvalue weighted by molar-refractivity contribution is 0.593. The fourth-order valence-electron chi connectivity index (χ4n) is 1.82. The molecule has 2 aromatic rings. The molecule has 1 aliphatic heterocycles. The fraction of sp³-hybridized carbons (Fsp3) is 0.0714. The van der Waals surface area contributed by atoms with Crippen LogP contribution in [-0.4, -0.2) is 5.04 Å². The number of nitrogens with zero attached hydrogens (tertiary/aromatic N) is 1. The van der Waals surface area contributed by atoms with Crippen molar-refractivity contribution in [3.05, 3.63) is 71.5 Å². The third-order valence-corrected chi connectivity index (χ3v) is 3.87. The van der Waals surface area contributed by atoms with Crippen LogP contribution in [0.5, 0.6) is 0 Å². The summed E-state index contributed by atoms with van der Waals surface area (Å²) >= 11 is 1.53. The molecule has 18 heavy (non-hydrogen) atoms. The van der Waals surface area contributed by atoms with Crippen molar-refractivity contribution in [3.63, 3.8) is 0 Å². The van der Waals surface area contributed by atoms with Gasteiger partial charge in [0.05, 0.1) is 0 Å². The molecule has 1 aliphatic rings. The van der Waals surface area contributed by atoms with Crippen LogP contribution in [0, 0.1) is 5.82 Å². The van der Waals surface area contributed by atoms with E-state index < -0.39 is 0 Å². The Bertz CT molecular complexity index is 583. The summed E-state index contributed by atoms with van der Waals surface area (Å²) in [5, 5.41) is 5.01. The van der Waals surface area contributed by atoms with Gasteiger partial charge >= 0.3 is 0 Å². The molecule has 1 N–H and O–H groups in total. The standard InChI is InChI=1S/C14H11FN2S/c15-12-9-5-4-8-11(12)14-17-16-13(18-14)10-6-2-1-3-7-10/h1-9,14,17H/t14-/m0/s1. The largest absolute Gasteiger partial charge is 0.291 e. The van der Waals surface area contributed by atoms with E-state index in [2.05, 4.69) is 10.5 Å². The Kier molecular flexibility index (Phi) is 3.02. The summed E-state index contributed by atoms with van der Waals surface area (Å²) in [5.41, 5.74) is 4.66. The maximum Gasteiger partial charge on any atom is 0.129 e. The Morgan fingerprint density at radius 2 is 1.72 bits per heavy atom. The highest BCUT2D eigenvalue weighted by molar-refractivity contribution is 8.14. The van der Waals surface area contributed by atoms with Gasteiger partial charge < -0.3 is 0 Å². The average Bonchev–Trinajstić information content (AvgIpc) is 2.90. The van der Waals surface area contributed by atoms with Crippen molar-refractivity contribution in [2.24, 2.45) is 5.10 Å². The summed E-state index contributed by atoms with van der Waals surface area (Å²) in [7, 11) is 0. The minimum atomic E-state index is -0.202. The Hall–Kier alpha value is -1.81. The van der Waals surface area contributed by atoms with Crippen LogP contribution >= 0.6 is 11.8 Å². The highest BCUT2D eigenvalue weighted by Crippen LogP contribution is 2.35. The molecule has 0 radical (unpaired) electrons. The highest BCUT2D eigenvalue weighted by atomic mass is 32.2. The van der Waals surface area contributed by atoms with Gasteiger partial charge in [-0.25, -0.2) is 4.39 Å². The first kappa shape index (κ1) is 11.3. The van der Waals surface area contributed by atoms with Crippen molar-refractivity contribution in [1.29, 1.82) is 0 Å². The normalized spacial score (nSPS) is 18.3. The number of rotatable bonds is 2. The Morgan fingerprint density at radius 3 is 2.50 bits per heavy atom. The van der Waals surface area contributed by atoms with Crippen LogP contribution in [0.1, 0.15) is 16.5 Å². The summed E-state index contributed by atoms with van der Waals surface area (Å²) in [6, 6.07) is 16.7. The number of hydrogen-bond acceptors (Lipinski definition) is 3. The van der Waals surface area contributed by atoms with Gasteiger partial charge in [0.1, 0.15) is 16.2 Å². The third kappa shape index (κ3) is 2.11. The van der Waals surface area contributed by atoms with E-state index in [0.29, 0.717) is 5.56 Å². The molecule has 0 saturated carbocycles. The van der Waals surface area contributed by atoms with Gasteiger partial charge in [-0.15, -0.1) is 0 Å². The zero-order valence-corrected chi connectivity index (χ0v) is 10.3. The van der Waals surface area contributed by atoms with Crippen LogP contribution in [0.2, 0.25) is 0 Å². The fourth-order valence-corrected chi connectivity index (χ4v) is 2.84. The van der Waals surface area contributed by atoms with Gasteiger partial charge in [-0.05, 0) is 6.07 Å². The van der Waals surface area contributed by atoms with Gasteiger partial charge in [-0.2, -0.15) is 5.10 Å². The molecule has 0 amide bonds. The molecule has 0 spiro atoms. The zero-order chi connectivity index (χ0) is 12.4. The summed E-state index contributed by atoms with van der Waals surface area (Å²) < 4.78 is 13.7. The van der Waals surface area contributed by atoms with Crippen LogP contribution in [-0.2, 0) is 0 Å². The minimum absolute atomic E-state index is 0.151. The predicted octanol–water partition coefficient (Wildman–Crippen LogP) is 3.52. The van der Waals surface area contributed by atoms with Crippen LogP contribution in [0.15, 0.2) is 59.7 Å². The molecular weight excluding hydrogens is 247 g/mol. The molecule has 0 aromatic heterocycles. The molecule has 1 atom stereocenters. The quantitative estimate of drug-likeness (QED) is 0.891. The molecule has 90 valence electrons. The van der Waals surface area contributed by atoms with Crippen molar-refractivity contribution in [2.75, 3.05) is 0 Å². The summed E-state index contributed by atoms with van der Waals surface area (Å²) in [4.78, 5) is 0. The monoisotopic (exact) mass is 258 g/mol. The lowest BCUT2D eigenvalue weighted by Crippen LogP contribution is -2.08. The van der Waals surface area contributed by atoms with Crippen LogP contribution in [0.25, 0.3) is 0 Å². The molecule has 0 bridgehead atoms. The molecule has 4 heteroatoms. The number of hydrogen-bond donors (Lipinski definition) is 1. The van der Waals surface area contributed by atoms with Crippen molar-refractivity contribution in [3.8, 4) is 0 Å². The van der Waals surface area contributed by atoms with E-state index in [4.69, 9.17) is 0 Å². The second-order valence-corrected chi connectivity index (χ2v) is 5.03. The smallest absolute Gasteiger partial charge is 0.129 e. The maximum absolute atomic E-state index is 13.7. The van der Waals surface area contributed by atoms with E-state index in [1.807, 2.05) is 36.4 Å². The van der Waals surface area contributed by atoms with Crippen molar-refractivity contribution in [2.45, 2.75) is 5.37 Å². The lowest BCUT2D eigenvalue weighted by atomic mass is 10.2. The number of halogens is 1. The van der Waals surface area contributed by atoms with Crippen LogP contribution in [0.4, 0.5) is 4.39 Å². The highest BCUT2D eigenvalue weighted by Gasteiger charge is 2.23. The van der Waals surface area contributed by atoms with Gasteiger partial charge in [0.25, 0.3) is 0 Å². The molecule has 3 rings (SSSR count). The molecule has 0 saturated heterocycles. The second-order valence-electron chi connectivity index (χ2n) is 3.93. The first-order chi connectivity index (χ1) is 8.84. The second kappa shape index (κ2) is 4.82. The van der Waals surface area contributed by atoms with Crippen molar-refractivity contribution < 1.29 is 4.39 Å². The summed E-state index contributed by atoms with van der Waals surface area (Å²) in [6.07, 6.45) is 0. The van der Waals surface area contributed by atoms with E-state index in [-0.39, 0.29) is 11.2 Å². The first-order valence-corrected chi connectivity index (χ1v) is 6.52. The maximum atomic E-state index is 13.7. The van der Waals surface area contributed by atoms with Gasteiger partial charge in [0.15, 0.2) is 0 Å². The van der Waals surface area contributed by atoms with Gasteiger partial charge in [-0.1, -0.05) is 60.3 Å². The number of benzene rings is 2. The number of hydrazone groups is 1. The molecule has 1 heterocycles. The first-order valence-electron chi connectivity index (χ1n) is 5.64. The predicted molar refractivity (Wildman–Crippen MR) is 72.8 cm³/mol. The average molecular weight is 258 g/mol.